The lowest BCUT2D eigenvalue weighted by Crippen LogP contribution is -2.07. The van der Waals surface area contributed by atoms with Crippen molar-refractivity contribution in [2.24, 2.45) is 0 Å². The molecule has 0 unspecified atom stereocenters. The molecule has 2 rings (SSSR count). The molecule has 92 valence electrons. The summed E-state index contributed by atoms with van der Waals surface area (Å²) >= 11 is 13.0. The van der Waals surface area contributed by atoms with Crippen LogP contribution in [0.4, 0.5) is 5.13 Å². The molecule has 0 bridgehead atoms. The Morgan fingerprint density at radius 1 is 1.39 bits per heavy atom. The maximum absolute atomic E-state index is 11.5. The molecule has 1 aromatic carbocycles. The molecule has 1 heterocycles. The average molecular weight is 300 g/mol. The largest absolute Gasteiger partial charge is 0.297 e. The van der Waals surface area contributed by atoms with Crippen LogP contribution in [0.5, 0.6) is 0 Å². The minimum atomic E-state index is -0.294. The lowest BCUT2D eigenvalue weighted by molar-refractivity contribution is -0.111. The summed E-state index contributed by atoms with van der Waals surface area (Å²) in [6.45, 7) is 0. The fraction of sp³-hybridized carbons (Fsp3) is 0. The van der Waals surface area contributed by atoms with Crippen LogP contribution in [0.1, 0.15) is 5.56 Å². The third kappa shape index (κ3) is 3.53. The predicted molar refractivity (Wildman–Crippen MR) is 74.0 cm³/mol. The van der Waals surface area contributed by atoms with Gasteiger partial charge in [-0.2, -0.15) is 0 Å². The summed E-state index contributed by atoms with van der Waals surface area (Å²) in [5, 5.41) is 11.4. The van der Waals surface area contributed by atoms with Gasteiger partial charge in [0.1, 0.15) is 5.51 Å². The Morgan fingerprint density at radius 2 is 2.22 bits per heavy atom. The molecule has 0 saturated heterocycles. The Hall–Kier alpha value is -1.43. The van der Waals surface area contributed by atoms with Gasteiger partial charge in [-0.3, -0.25) is 10.1 Å². The Bertz CT molecular complexity index is 584. The van der Waals surface area contributed by atoms with E-state index in [0.29, 0.717) is 20.7 Å². The first-order valence-corrected chi connectivity index (χ1v) is 6.49. The van der Waals surface area contributed by atoms with Crippen LogP contribution < -0.4 is 5.32 Å². The smallest absolute Gasteiger partial charge is 0.250 e. The SMILES string of the molecule is O=C(/C=C/c1ccc(Cl)cc1Cl)Nc1nncs1. The molecule has 18 heavy (non-hydrogen) atoms. The molecular formula is C11H7Cl2N3OS. The van der Waals surface area contributed by atoms with Gasteiger partial charge in [-0.05, 0) is 23.8 Å². The van der Waals surface area contributed by atoms with Crippen LogP contribution in [0.15, 0.2) is 29.8 Å². The number of amides is 1. The molecule has 0 aliphatic carbocycles. The Kier molecular flexibility index (Phi) is 4.30. The van der Waals surface area contributed by atoms with E-state index >= 15 is 0 Å². The fourth-order valence-electron chi connectivity index (χ4n) is 1.18. The summed E-state index contributed by atoms with van der Waals surface area (Å²) in [4.78, 5) is 11.5. The van der Waals surface area contributed by atoms with Crippen LogP contribution in [-0.4, -0.2) is 16.1 Å². The van der Waals surface area contributed by atoms with E-state index in [1.807, 2.05) is 0 Å². The van der Waals surface area contributed by atoms with Crippen molar-refractivity contribution < 1.29 is 4.79 Å². The molecule has 1 amide bonds. The molecule has 0 fully saturated rings. The number of nitrogens with zero attached hydrogens (tertiary/aromatic N) is 2. The van der Waals surface area contributed by atoms with Crippen LogP contribution in [0.3, 0.4) is 0 Å². The molecule has 4 nitrogen and oxygen atoms in total. The zero-order chi connectivity index (χ0) is 13.0. The summed E-state index contributed by atoms with van der Waals surface area (Å²) < 4.78 is 0. The number of hydrogen-bond donors (Lipinski definition) is 1. The maximum atomic E-state index is 11.5. The monoisotopic (exact) mass is 299 g/mol. The first kappa shape index (κ1) is 13.0. The van der Waals surface area contributed by atoms with Crippen LogP contribution in [0, 0.1) is 0 Å². The number of halogens is 2. The van der Waals surface area contributed by atoms with E-state index in [2.05, 4.69) is 15.5 Å². The third-order valence-corrected chi connectivity index (χ3v) is 3.14. The van der Waals surface area contributed by atoms with Crippen molar-refractivity contribution >= 4 is 51.7 Å². The summed E-state index contributed by atoms with van der Waals surface area (Å²) in [7, 11) is 0. The molecule has 0 aliphatic heterocycles. The van der Waals surface area contributed by atoms with Gasteiger partial charge in [0.05, 0.1) is 0 Å². The van der Waals surface area contributed by atoms with Crippen molar-refractivity contribution in [2.75, 3.05) is 5.32 Å². The molecule has 0 aliphatic rings. The van der Waals surface area contributed by atoms with Gasteiger partial charge >= 0.3 is 0 Å². The number of hydrogen-bond acceptors (Lipinski definition) is 4. The maximum Gasteiger partial charge on any atom is 0.250 e. The number of anilines is 1. The number of carbonyl (C=O) groups excluding carboxylic acids is 1. The van der Waals surface area contributed by atoms with Gasteiger partial charge in [0.25, 0.3) is 0 Å². The third-order valence-electron chi connectivity index (χ3n) is 1.97. The molecule has 7 heteroatoms. The standard InChI is InChI=1S/C11H7Cl2N3OS/c12-8-3-1-7(9(13)5-8)2-4-10(17)15-11-16-14-6-18-11/h1-6H,(H,15,16,17)/b4-2+. The first-order chi connectivity index (χ1) is 8.65. The lowest BCUT2D eigenvalue weighted by Gasteiger charge is -1.98. The molecule has 0 saturated carbocycles. The summed E-state index contributed by atoms with van der Waals surface area (Å²) in [6, 6.07) is 5.06. The van der Waals surface area contributed by atoms with Crippen LogP contribution in [-0.2, 0) is 4.79 Å². The molecule has 2 aromatic rings. The van der Waals surface area contributed by atoms with E-state index in [-0.39, 0.29) is 5.91 Å². The minimum Gasteiger partial charge on any atom is -0.297 e. The van der Waals surface area contributed by atoms with E-state index in [4.69, 9.17) is 23.2 Å². The van der Waals surface area contributed by atoms with Crippen molar-refractivity contribution in [3.8, 4) is 0 Å². The number of aromatic nitrogens is 2. The Labute approximate surface area is 117 Å². The second-order valence-corrected chi connectivity index (χ2v) is 4.91. The van der Waals surface area contributed by atoms with E-state index in [9.17, 15) is 4.79 Å². The molecule has 1 aromatic heterocycles. The highest BCUT2D eigenvalue weighted by Crippen LogP contribution is 2.22. The zero-order valence-corrected chi connectivity index (χ0v) is 11.3. The number of carbonyl (C=O) groups is 1. The topological polar surface area (TPSA) is 54.9 Å². The zero-order valence-electron chi connectivity index (χ0n) is 8.93. The van der Waals surface area contributed by atoms with Crippen molar-refractivity contribution in [1.82, 2.24) is 10.2 Å². The summed E-state index contributed by atoms with van der Waals surface area (Å²) in [5.74, 6) is -0.294. The van der Waals surface area contributed by atoms with Crippen molar-refractivity contribution in [1.29, 1.82) is 0 Å². The van der Waals surface area contributed by atoms with Gasteiger partial charge in [-0.1, -0.05) is 40.6 Å². The normalized spacial score (nSPS) is 10.8. The van der Waals surface area contributed by atoms with Crippen molar-refractivity contribution in [2.45, 2.75) is 0 Å². The van der Waals surface area contributed by atoms with Gasteiger partial charge in [-0.25, -0.2) is 0 Å². The Morgan fingerprint density at radius 3 is 2.89 bits per heavy atom. The van der Waals surface area contributed by atoms with E-state index in [1.54, 1.807) is 24.3 Å². The first-order valence-electron chi connectivity index (χ1n) is 4.85. The second-order valence-electron chi connectivity index (χ2n) is 3.23. The highest BCUT2D eigenvalue weighted by molar-refractivity contribution is 7.13. The molecule has 0 atom stereocenters. The highest BCUT2D eigenvalue weighted by Gasteiger charge is 2.02. The Balaban J connectivity index is 2.04. The lowest BCUT2D eigenvalue weighted by atomic mass is 10.2. The van der Waals surface area contributed by atoms with E-state index in [1.165, 1.54) is 22.9 Å². The van der Waals surface area contributed by atoms with E-state index in [0.717, 1.165) is 0 Å². The average Bonchev–Trinajstić information content (AvgIpc) is 2.80. The second kappa shape index (κ2) is 5.95. The molecular weight excluding hydrogens is 293 g/mol. The van der Waals surface area contributed by atoms with Gasteiger partial charge in [0.15, 0.2) is 0 Å². The summed E-state index contributed by atoms with van der Waals surface area (Å²) in [5.41, 5.74) is 2.25. The quantitative estimate of drug-likeness (QED) is 0.883. The van der Waals surface area contributed by atoms with E-state index < -0.39 is 0 Å². The number of rotatable bonds is 3. The molecule has 0 spiro atoms. The predicted octanol–water partition coefficient (Wildman–Crippen LogP) is 3.50. The number of nitrogens with one attached hydrogen (secondary N) is 1. The number of benzene rings is 1. The van der Waals surface area contributed by atoms with Crippen LogP contribution in [0.25, 0.3) is 6.08 Å². The minimum absolute atomic E-state index is 0.294. The van der Waals surface area contributed by atoms with Crippen molar-refractivity contribution in [3.05, 3.63) is 45.4 Å². The van der Waals surface area contributed by atoms with Crippen LogP contribution in [0.2, 0.25) is 10.0 Å². The fourth-order valence-corrected chi connectivity index (χ4v) is 2.10. The molecule has 0 radical (unpaired) electrons. The van der Waals surface area contributed by atoms with Crippen LogP contribution >= 0.6 is 34.5 Å². The van der Waals surface area contributed by atoms with Gasteiger partial charge in [0.2, 0.25) is 11.0 Å². The molecule has 1 N–H and O–H groups in total. The highest BCUT2D eigenvalue weighted by atomic mass is 35.5. The summed E-state index contributed by atoms with van der Waals surface area (Å²) in [6.07, 6.45) is 2.98. The van der Waals surface area contributed by atoms with Crippen molar-refractivity contribution in [3.63, 3.8) is 0 Å². The van der Waals surface area contributed by atoms with Gasteiger partial charge < -0.3 is 0 Å². The van der Waals surface area contributed by atoms with Gasteiger partial charge in [0, 0.05) is 16.1 Å². The van der Waals surface area contributed by atoms with Gasteiger partial charge in [-0.15, -0.1) is 10.2 Å².